The van der Waals surface area contributed by atoms with Crippen molar-refractivity contribution in [2.75, 3.05) is 6.54 Å². The van der Waals surface area contributed by atoms with E-state index in [2.05, 4.69) is 48.8 Å². The van der Waals surface area contributed by atoms with Gasteiger partial charge in [0, 0.05) is 31.2 Å². The minimum absolute atomic E-state index is 0.860. The second-order valence-electron chi connectivity index (χ2n) is 5.55. The van der Waals surface area contributed by atoms with E-state index in [1.807, 2.05) is 17.9 Å². The lowest BCUT2D eigenvalue weighted by Crippen LogP contribution is -2.28. The fourth-order valence-corrected chi connectivity index (χ4v) is 3.66. The number of nitrogens with one attached hydrogen (secondary N) is 1. The molecule has 0 radical (unpaired) electrons. The van der Waals surface area contributed by atoms with Crippen molar-refractivity contribution in [2.24, 2.45) is 0 Å². The molecule has 4 aromatic rings. The van der Waals surface area contributed by atoms with Gasteiger partial charge in [0.25, 0.3) is 0 Å². The van der Waals surface area contributed by atoms with E-state index in [0.29, 0.717) is 0 Å². The van der Waals surface area contributed by atoms with Gasteiger partial charge in [0.1, 0.15) is 5.69 Å². The topological polar surface area (TPSA) is 60.6 Å². The smallest absolute Gasteiger partial charge is 0.165 e. The number of aromatic nitrogens is 5. The Hall–Kier alpha value is -2.51. The maximum absolute atomic E-state index is 4.71. The van der Waals surface area contributed by atoms with Crippen LogP contribution in [0, 0.1) is 0 Å². The second-order valence-corrected chi connectivity index (χ2v) is 6.43. The van der Waals surface area contributed by atoms with Crippen molar-refractivity contribution in [1.82, 2.24) is 29.6 Å². The first kappa shape index (κ1) is 13.0. The predicted molar refractivity (Wildman–Crippen MR) is 89.7 cm³/mol. The highest BCUT2D eigenvalue weighted by molar-refractivity contribution is 7.16. The molecule has 6 nitrogen and oxygen atoms in total. The van der Waals surface area contributed by atoms with Crippen LogP contribution in [0.4, 0.5) is 0 Å². The number of hydrogen-bond donors (Lipinski definition) is 1. The molecule has 0 aliphatic carbocycles. The highest BCUT2D eigenvalue weighted by atomic mass is 32.1. The van der Waals surface area contributed by atoms with Crippen molar-refractivity contribution in [2.45, 2.75) is 13.1 Å². The molecule has 3 aromatic heterocycles. The molecule has 0 bridgehead atoms. The summed E-state index contributed by atoms with van der Waals surface area (Å²) in [6.07, 6.45) is 3.79. The van der Waals surface area contributed by atoms with Crippen LogP contribution in [0.2, 0.25) is 0 Å². The highest BCUT2D eigenvalue weighted by Crippen LogP contribution is 2.25. The summed E-state index contributed by atoms with van der Waals surface area (Å²) in [6, 6.07) is 8.42. The molecule has 0 amide bonds. The molecule has 1 N–H and O–H groups in total. The van der Waals surface area contributed by atoms with Crippen LogP contribution >= 0.6 is 11.3 Å². The van der Waals surface area contributed by atoms with E-state index in [0.717, 1.165) is 42.4 Å². The van der Waals surface area contributed by atoms with E-state index < -0.39 is 0 Å². The minimum atomic E-state index is 0.860. The van der Waals surface area contributed by atoms with Gasteiger partial charge >= 0.3 is 0 Å². The third-order valence-electron chi connectivity index (χ3n) is 4.13. The summed E-state index contributed by atoms with van der Waals surface area (Å²) < 4.78 is 5.33. The monoisotopic (exact) mass is 322 g/mol. The Morgan fingerprint density at radius 1 is 1.17 bits per heavy atom. The van der Waals surface area contributed by atoms with Crippen molar-refractivity contribution >= 4 is 21.6 Å². The summed E-state index contributed by atoms with van der Waals surface area (Å²) in [7, 11) is 0. The molecule has 23 heavy (non-hydrogen) atoms. The van der Waals surface area contributed by atoms with Gasteiger partial charge in [0.2, 0.25) is 0 Å². The lowest BCUT2D eigenvalue weighted by molar-refractivity contribution is 0.476. The summed E-state index contributed by atoms with van der Waals surface area (Å²) in [6.45, 7) is 2.72. The molecule has 0 saturated heterocycles. The molecule has 1 aromatic carbocycles. The van der Waals surface area contributed by atoms with E-state index in [-0.39, 0.29) is 0 Å². The first-order valence-electron chi connectivity index (χ1n) is 7.53. The molecule has 0 saturated carbocycles. The molecule has 4 heterocycles. The first-order chi connectivity index (χ1) is 11.4. The molecule has 0 unspecified atom stereocenters. The quantitative estimate of drug-likeness (QED) is 0.616. The SMILES string of the molecule is c1cn(-c2ccc3scnc3c2)c(-c2cc3n(n2)CCNC3)n1. The van der Waals surface area contributed by atoms with Crippen molar-refractivity contribution in [3.63, 3.8) is 0 Å². The summed E-state index contributed by atoms with van der Waals surface area (Å²) in [5.74, 6) is 0.862. The van der Waals surface area contributed by atoms with Gasteiger partial charge < -0.3 is 5.32 Å². The van der Waals surface area contributed by atoms with Crippen LogP contribution in [0.1, 0.15) is 5.69 Å². The molecule has 7 heteroatoms. The minimum Gasteiger partial charge on any atom is -0.309 e. The fourth-order valence-electron chi connectivity index (χ4n) is 3.00. The summed E-state index contributed by atoms with van der Waals surface area (Å²) in [4.78, 5) is 8.92. The summed E-state index contributed by atoms with van der Waals surface area (Å²) in [5, 5.41) is 8.08. The molecule has 114 valence electrons. The van der Waals surface area contributed by atoms with E-state index in [1.54, 1.807) is 11.3 Å². The first-order valence-corrected chi connectivity index (χ1v) is 8.41. The number of hydrogen-bond acceptors (Lipinski definition) is 5. The van der Waals surface area contributed by atoms with Gasteiger partial charge in [0.15, 0.2) is 5.82 Å². The second kappa shape index (κ2) is 5.00. The molecule has 5 rings (SSSR count). The average molecular weight is 322 g/mol. The van der Waals surface area contributed by atoms with Gasteiger partial charge in [-0.25, -0.2) is 9.97 Å². The predicted octanol–water partition coefficient (Wildman–Crippen LogP) is 2.45. The van der Waals surface area contributed by atoms with Crippen LogP contribution in [-0.4, -0.2) is 30.9 Å². The number of nitrogens with zero attached hydrogens (tertiary/aromatic N) is 5. The standard InChI is InChI=1S/C16H14N6S/c1-2-15-13(19-10-23-15)7-11(1)21-5-4-18-16(21)14-8-12-9-17-3-6-22(12)20-14/h1-2,4-5,7-8,10,17H,3,6,9H2. The molecule has 1 aliphatic heterocycles. The van der Waals surface area contributed by atoms with E-state index >= 15 is 0 Å². The van der Waals surface area contributed by atoms with Gasteiger partial charge in [-0.05, 0) is 24.3 Å². The van der Waals surface area contributed by atoms with Crippen LogP contribution in [0.3, 0.4) is 0 Å². The van der Waals surface area contributed by atoms with Gasteiger partial charge in [-0.2, -0.15) is 5.10 Å². The number of benzene rings is 1. The van der Waals surface area contributed by atoms with Crippen LogP contribution in [0.25, 0.3) is 27.4 Å². The third-order valence-corrected chi connectivity index (χ3v) is 4.94. The zero-order valence-electron chi connectivity index (χ0n) is 12.3. The molecular formula is C16H14N6S. The molecule has 0 atom stereocenters. The van der Waals surface area contributed by atoms with Crippen molar-refractivity contribution in [3.05, 3.63) is 47.9 Å². The Bertz CT molecular complexity index is 972. The number of imidazole rings is 1. The lowest BCUT2D eigenvalue weighted by Gasteiger charge is -2.13. The maximum Gasteiger partial charge on any atom is 0.165 e. The number of rotatable bonds is 2. The largest absolute Gasteiger partial charge is 0.309 e. The normalized spacial score (nSPS) is 14.3. The van der Waals surface area contributed by atoms with Gasteiger partial charge in [0.05, 0.1) is 28.0 Å². The summed E-state index contributed by atoms with van der Waals surface area (Å²) in [5.41, 5.74) is 6.06. The Kier molecular flexibility index (Phi) is 2.82. The van der Waals surface area contributed by atoms with Gasteiger partial charge in [-0.1, -0.05) is 0 Å². The Morgan fingerprint density at radius 3 is 3.13 bits per heavy atom. The lowest BCUT2D eigenvalue weighted by atomic mass is 10.2. The van der Waals surface area contributed by atoms with E-state index in [9.17, 15) is 0 Å². The number of thiazole rings is 1. The Labute approximate surface area is 136 Å². The molecule has 0 spiro atoms. The molecule has 1 aliphatic rings. The summed E-state index contributed by atoms with van der Waals surface area (Å²) >= 11 is 1.65. The third kappa shape index (κ3) is 2.08. The zero-order valence-corrected chi connectivity index (χ0v) is 13.1. The van der Waals surface area contributed by atoms with Crippen LogP contribution in [0.5, 0.6) is 0 Å². The van der Waals surface area contributed by atoms with Crippen molar-refractivity contribution in [3.8, 4) is 17.2 Å². The van der Waals surface area contributed by atoms with Crippen LogP contribution in [0.15, 0.2) is 42.2 Å². The Balaban J connectivity index is 1.62. The fraction of sp³-hybridized carbons (Fsp3) is 0.188. The van der Waals surface area contributed by atoms with E-state index in [1.165, 1.54) is 10.4 Å². The Morgan fingerprint density at radius 2 is 2.17 bits per heavy atom. The van der Waals surface area contributed by atoms with Crippen LogP contribution in [-0.2, 0) is 13.1 Å². The van der Waals surface area contributed by atoms with E-state index in [4.69, 9.17) is 5.10 Å². The van der Waals surface area contributed by atoms with Gasteiger partial charge in [-0.3, -0.25) is 9.25 Å². The van der Waals surface area contributed by atoms with Crippen LogP contribution < -0.4 is 5.32 Å². The van der Waals surface area contributed by atoms with Gasteiger partial charge in [-0.15, -0.1) is 11.3 Å². The highest BCUT2D eigenvalue weighted by Gasteiger charge is 2.16. The average Bonchev–Trinajstić information content (AvgIpc) is 3.31. The molecular weight excluding hydrogens is 308 g/mol. The van der Waals surface area contributed by atoms with Crippen molar-refractivity contribution in [1.29, 1.82) is 0 Å². The number of fused-ring (bicyclic) bond motifs is 2. The zero-order chi connectivity index (χ0) is 15.2. The molecule has 0 fully saturated rings. The van der Waals surface area contributed by atoms with Crippen molar-refractivity contribution < 1.29 is 0 Å². The maximum atomic E-state index is 4.71.